The highest BCUT2D eigenvalue weighted by molar-refractivity contribution is 14.0. The second-order valence-corrected chi connectivity index (χ2v) is 7.97. The van der Waals surface area contributed by atoms with Crippen molar-refractivity contribution in [2.24, 2.45) is 4.99 Å². The summed E-state index contributed by atoms with van der Waals surface area (Å²) in [6.45, 7) is 9.57. The fourth-order valence-electron chi connectivity index (χ4n) is 3.93. The molecule has 0 amide bonds. The molecule has 0 aliphatic carbocycles. The van der Waals surface area contributed by atoms with Gasteiger partial charge in [-0.15, -0.1) is 24.0 Å². The van der Waals surface area contributed by atoms with E-state index >= 15 is 0 Å². The number of likely N-dealkylation sites (tertiary alicyclic amines) is 1. The standard InChI is InChI=1S/C23H38N4O2.HI/c1-2-24-23(26-18-22-10-6-16-29-22)25-13-7-17-28-21-11-14-27(15-12-21)19-20-8-4-3-5-9-20;/h3-5,8-9,21-22H,2,6-7,10-19H2,1H3,(H2,24,25,26);1H. The highest BCUT2D eigenvalue weighted by Gasteiger charge is 2.19. The first kappa shape index (κ1) is 25.4. The molecule has 2 aliphatic heterocycles. The first-order chi connectivity index (χ1) is 14.3. The average Bonchev–Trinajstić information content (AvgIpc) is 3.27. The van der Waals surface area contributed by atoms with Crippen LogP contribution in [0.5, 0.6) is 0 Å². The zero-order valence-electron chi connectivity index (χ0n) is 18.4. The molecule has 2 N–H and O–H groups in total. The molecule has 1 aromatic rings. The van der Waals surface area contributed by atoms with Crippen LogP contribution >= 0.6 is 24.0 Å². The van der Waals surface area contributed by atoms with Gasteiger partial charge in [0, 0.05) is 45.9 Å². The van der Waals surface area contributed by atoms with Gasteiger partial charge >= 0.3 is 0 Å². The van der Waals surface area contributed by atoms with E-state index in [9.17, 15) is 0 Å². The molecule has 0 aromatic heterocycles. The molecule has 2 fully saturated rings. The lowest BCUT2D eigenvalue weighted by Crippen LogP contribution is -2.39. The van der Waals surface area contributed by atoms with E-state index < -0.39 is 0 Å². The van der Waals surface area contributed by atoms with Crippen LogP contribution in [0.2, 0.25) is 0 Å². The van der Waals surface area contributed by atoms with Crippen LogP contribution in [0.1, 0.15) is 44.6 Å². The first-order valence-electron chi connectivity index (χ1n) is 11.3. The molecule has 2 heterocycles. The molecule has 2 aliphatic rings. The van der Waals surface area contributed by atoms with Gasteiger partial charge in [0.25, 0.3) is 0 Å². The second kappa shape index (κ2) is 15.0. The summed E-state index contributed by atoms with van der Waals surface area (Å²) in [5, 5.41) is 6.72. The molecule has 2 saturated heterocycles. The Kier molecular flexibility index (Phi) is 12.7. The topological polar surface area (TPSA) is 58.1 Å². The Morgan fingerprint density at radius 2 is 1.97 bits per heavy atom. The van der Waals surface area contributed by atoms with Crippen LogP contribution in [-0.4, -0.2) is 69.0 Å². The summed E-state index contributed by atoms with van der Waals surface area (Å²) in [4.78, 5) is 7.18. The van der Waals surface area contributed by atoms with E-state index in [0.717, 1.165) is 90.5 Å². The van der Waals surface area contributed by atoms with Crippen molar-refractivity contribution in [2.75, 3.05) is 45.9 Å². The fraction of sp³-hybridized carbons (Fsp3) is 0.696. The molecule has 1 aromatic carbocycles. The Morgan fingerprint density at radius 1 is 1.17 bits per heavy atom. The number of aliphatic imine (C=N–C) groups is 1. The van der Waals surface area contributed by atoms with E-state index in [0.29, 0.717) is 12.2 Å². The minimum atomic E-state index is 0. The maximum atomic E-state index is 6.12. The highest BCUT2D eigenvalue weighted by atomic mass is 127. The van der Waals surface area contributed by atoms with E-state index in [4.69, 9.17) is 9.47 Å². The molecule has 0 radical (unpaired) electrons. The van der Waals surface area contributed by atoms with E-state index in [1.807, 2.05) is 0 Å². The lowest BCUT2D eigenvalue weighted by Gasteiger charge is -2.32. The van der Waals surface area contributed by atoms with Gasteiger partial charge in [-0.25, -0.2) is 0 Å². The average molecular weight is 530 g/mol. The van der Waals surface area contributed by atoms with Crippen LogP contribution in [0.4, 0.5) is 0 Å². The van der Waals surface area contributed by atoms with Crippen LogP contribution in [-0.2, 0) is 16.0 Å². The van der Waals surface area contributed by atoms with Crippen LogP contribution in [0.3, 0.4) is 0 Å². The quantitative estimate of drug-likeness (QED) is 0.210. The van der Waals surface area contributed by atoms with Gasteiger partial charge < -0.3 is 20.1 Å². The third kappa shape index (κ3) is 9.49. The van der Waals surface area contributed by atoms with Gasteiger partial charge in [-0.1, -0.05) is 30.3 Å². The van der Waals surface area contributed by atoms with E-state index in [2.05, 4.69) is 57.8 Å². The molecule has 0 spiro atoms. The zero-order valence-corrected chi connectivity index (χ0v) is 20.7. The third-order valence-electron chi connectivity index (χ3n) is 5.57. The minimum Gasteiger partial charge on any atom is -0.378 e. The predicted octanol–water partition coefficient (Wildman–Crippen LogP) is 3.41. The molecule has 0 saturated carbocycles. The Labute approximate surface area is 199 Å². The van der Waals surface area contributed by atoms with Crippen LogP contribution in [0.15, 0.2) is 35.3 Å². The number of piperidine rings is 1. The van der Waals surface area contributed by atoms with Crippen LogP contribution < -0.4 is 10.6 Å². The van der Waals surface area contributed by atoms with Crippen LogP contribution in [0.25, 0.3) is 0 Å². The number of halogens is 1. The summed E-state index contributed by atoms with van der Waals surface area (Å²) in [5.41, 5.74) is 1.40. The smallest absolute Gasteiger partial charge is 0.191 e. The van der Waals surface area contributed by atoms with Crippen molar-refractivity contribution in [3.05, 3.63) is 35.9 Å². The van der Waals surface area contributed by atoms with Gasteiger partial charge in [0.05, 0.1) is 18.8 Å². The minimum absolute atomic E-state index is 0. The summed E-state index contributed by atoms with van der Waals surface area (Å²) in [5.74, 6) is 0.886. The van der Waals surface area contributed by atoms with Crippen LogP contribution in [0, 0.1) is 0 Å². The molecule has 30 heavy (non-hydrogen) atoms. The molecule has 1 unspecified atom stereocenters. The van der Waals surface area contributed by atoms with E-state index in [-0.39, 0.29) is 24.0 Å². The third-order valence-corrected chi connectivity index (χ3v) is 5.57. The number of ether oxygens (including phenoxy) is 2. The maximum Gasteiger partial charge on any atom is 0.191 e. The number of nitrogens with one attached hydrogen (secondary N) is 2. The van der Waals surface area contributed by atoms with Crippen molar-refractivity contribution in [3.8, 4) is 0 Å². The van der Waals surface area contributed by atoms with Gasteiger partial charge in [-0.3, -0.25) is 9.89 Å². The van der Waals surface area contributed by atoms with Crippen molar-refractivity contribution < 1.29 is 9.47 Å². The fourth-order valence-corrected chi connectivity index (χ4v) is 3.93. The van der Waals surface area contributed by atoms with E-state index in [1.165, 1.54) is 5.56 Å². The van der Waals surface area contributed by atoms with Crippen molar-refractivity contribution in [3.63, 3.8) is 0 Å². The summed E-state index contributed by atoms with van der Waals surface area (Å²) < 4.78 is 11.8. The van der Waals surface area contributed by atoms with Gasteiger partial charge in [-0.2, -0.15) is 0 Å². The van der Waals surface area contributed by atoms with E-state index in [1.54, 1.807) is 0 Å². The number of nitrogens with zero attached hydrogens (tertiary/aromatic N) is 2. The molecular formula is C23H39IN4O2. The number of rotatable bonds is 10. The number of guanidine groups is 1. The monoisotopic (exact) mass is 530 g/mol. The number of hydrogen-bond acceptors (Lipinski definition) is 4. The Bertz CT molecular complexity index is 588. The zero-order chi connectivity index (χ0) is 20.2. The molecule has 0 bridgehead atoms. The van der Waals surface area contributed by atoms with Crippen molar-refractivity contribution in [2.45, 2.75) is 57.8 Å². The maximum absolute atomic E-state index is 6.12. The van der Waals surface area contributed by atoms with Crippen molar-refractivity contribution in [1.29, 1.82) is 0 Å². The Morgan fingerprint density at radius 3 is 2.67 bits per heavy atom. The van der Waals surface area contributed by atoms with Gasteiger partial charge in [0.15, 0.2) is 5.96 Å². The predicted molar refractivity (Wildman–Crippen MR) is 134 cm³/mol. The van der Waals surface area contributed by atoms with Gasteiger partial charge in [-0.05, 0) is 44.6 Å². The molecule has 170 valence electrons. The number of hydrogen-bond donors (Lipinski definition) is 2. The summed E-state index contributed by atoms with van der Waals surface area (Å²) >= 11 is 0. The van der Waals surface area contributed by atoms with Crippen molar-refractivity contribution in [1.82, 2.24) is 15.5 Å². The molecule has 7 heteroatoms. The molecule has 1 atom stereocenters. The summed E-state index contributed by atoms with van der Waals surface area (Å²) in [6, 6.07) is 10.7. The largest absolute Gasteiger partial charge is 0.378 e. The summed E-state index contributed by atoms with van der Waals surface area (Å²) in [7, 11) is 0. The lowest BCUT2D eigenvalue weighted by atomic mass is 10.1. The molecule has 3 rings (SSSR count). The van der Waals surface area contributed by atoms with Gasteiger partial charge in [0.2, 0.25) is 0 Å². The highest BCUT2D eigenvalue weighted by Crippen LogP contribution is 2.16. The summed E-state index contributed by atoms with van der Waals surface area (Å²) in [6.07, 6.45) is 6.24. The normalized spacial score (nSPS) is 20.7. The number of benzene rings is 1. The SMILES string of the molecule is CCNC(=NCC1CCCO1)NCCCOC1CCN(Cc2ccccc2)CC1.I. The Hall–Kier alpha value is -0.900. The van der Waals surface area contributed by atoms with Gasteiger partial charge in [0.1, 0.15) is 0 Å². The van der Waals surface area contributed by atoms with Crippen molar-refractivity contribution >= 4 is 29.9 Å². The lowest BCUT2D eigenvalue weighted by molar-refractivity contribution is 0.00534. The first-order valence-corrected chi connectivity index (χ1v) is 11.3. The Balaban J connectivity index is 0.00000320. The molecule has 6 nitrogen and oxygen atoms in total. The molecular weight excluding hydrogens is 491 g/mol. The second-order valence-electron chi connectivity index (χ2n) is 7.97.